The number of esters is 1. The summed E-state index contributed by atoms with van der Waals surface area (Å²) < 4.78 is 56.4. The van der Waals surface area contributed by atoms with Crippen molar-refractivity contribution in [2.45, 2.75) is 27.0 Å². The molecule has 0 saturated heterocycles. The molecule has 3 aromatic rings. The van der Waals surface area contributed by atoms with Crippen molar-refractivity contribution in [3.63, 3.8) is 0 Å². The van der Waals surface area contributed by atoms with E-state index in [1.807, 2.05) is 0 Å². The SMILES string of the molecule is COC(=O)CC(CS(=O)(=O)c1ccc(S(=O)(=O)c2ccc(N)cc2)cc1)c1ccccc1. The quantitative estimate of drug-likeness (QED) is 0.394. The fourth-order valence-electron chi connectivity index (χ4n) is 3.25. The van der Waals surface area contributed by atoms with E-state index in [-0.39, 0.29) is 26.9 Å². The van der Waals surface area contributed by atoms with Gasteiger partial charge in [0, 0.05) is 11.6 Å². The standard InChI is InChI=1S/C23H23NO6S2/c1-30-23(25)15-18(17-5-3-2-4-6-17)16-31(26,27)20-11-13-22(14-12-20)32(28,29)21-9-7-19(24)8-10-21/h2-14,18H,15-16,24H2,1H3. The Balaban J connectivity index is 1.88. The molecule has 9 heteroatoms. The number of sulfone groups is 2. The topological polar surface area (TPSA) is 121 Å². The Kier molecular flexibility index (Phi) is 7.00. The van der Waals surface area contributed by atoms with Gasteiger partial charge in [0.2, 0.25) is 9.84 Å². The molecule has 0 aliphatic heterocycles. The molecule has 3 rings (SSSR count). The van der Waals surface area contributed by atoms with Crippen LogP contribution in [-0.4, -0.2) is 35.7 Å². The molecule has 0 spiro atoms. The lowest BCUT2D eigenvalue weighted by Crippen LogP contribution is -2.19. The Morgan fingerprint density at radius 1 is 0.812 bits per heavy atom. The maximum Gasteiger partial charge on any atom is 0.306 e. The van der Waals surface area contributed by atoms with E-state index in [4.69, 9.17) is 10.5 Å². The molecule has 0 aliphatic carbocycles. The minimum Gasteiger partial charge on any atom is -0.469 e. The summed E-state index contributed by atoms with van der Waals surface area (Å²) in [6, 6.07) is 19.6. The van der Waals surface area contributed by atoms with Crippen LogP contribution in [0.15, 0.2) is 93.5 Å². The van der Waals surface area contributed by atoms with Gasteiger partial charge < -0.3 is 10.5 Å². The maximum absolute atomic E-state index is 13.0. The molecule has 0 aliphatic rings. The highest BCUT2D eigenvalue weighted by atomic mass is 32.2. The van der Waals surface area contributed by atoms with Gasteiger partial charge in [-0.25, -0.2) is 16.8 Å². The number of benzene rings is 3. The lowest BCUT2D eigenvalue weighted by Gasteiger charge is -2.17. The van der Waals surface area contributed by atoms with Gasteiger partial charge in [-0.05, 0) is 54.1 Å². The zero-order valence-electron chi connectivity index (χ0n) is 17.3. The number of hydrogen-bond donors (Lipinski definition) is 1. The van der Waals surface area contributed by atoms with Gasteiger partial charge in [-0.3, -0.25) is 4.79 Å². The van der Waals surface area contributed by atoms with E-state index < -0.39 is 31.6 Å². The number of ether oxygens (including phenoxy) is 1. The van der Waals surface area contributed by atoms with Crippen LogP contribution in [0.1, 0.15) is 17.9 Å². The number of nitrogens with two attached hydrogens (primary N) is 1. The molecule has 0 aromatic heterocycles. The summed E-state index contributed by atoms with van der Waals surface area (Å²) in [5, 5.41) is 0. The lowest BCUT2D eigenvalue weighted by molar-refractivity contribution is -0.140. The smallest absolute Gasteiger partial charge is 0.306 e. The van der Waals surface area contributed by atoms with Crippen LogP contribution in [0.5, 0.6) is 0 Å². The first-order chi connectivity index (χ1) is 15.1. The van der Waals surface area contributed by atoms with Crippen LogP contribution in [0.25, 0.3) is 0 Å². The van der Waals surface area contributed by atoms with Gasteiger partial charge in [0.1, 0.15) is 0 Å². The Morgan fingerprint density at radius 2 is 1.31 bits per heavy atom. The van der Waals surface area contributed by atoms with E-state index in [0.717, 1.165) is 0 Å². The lowest BCUT2D eigenvalue weighted by atomic mass is 9.98. The summed E-state index contributed by atoms with van der Waals surface area (Å²) in [4.78, 5) is 11.8. The van der Waals surface area contributed by atoms with Gasteiger partial charge in [0.15, 0.2) is 9.84 Å². The Morgan fingerprint density at radius 3 is 1.84 bits per heavy atom. The van der Waals surface area contributed by atoms with E-state index >= 15 is 0 Å². The molecule has 0 heterocycles. The van der Waals surface area contributed by atoms with Gasteiger partial charge >= 0.3 is 5.97 Å². The van der Waals surface area contributed by atoms with Crippen LogP contribution in [-0.2, 0) is 29.2 Å². The van der Waals surface area contributed by atoms with Gasteiger partial charge in [-0.1, -0.05) is 30.3 Å². The Bertz CT molecular complexity index is 1280. The number of nitrogen functional groups attached to an aromatic ring is 1. The summed E-state index contributed by atoms with van der Waals surface area (Å²) in [5.74, 6) is -1.44. The molecule has 0 fully saturated rings. The third-order valence-corrected chi connectivity index (χ3v) is 8.63. The fourth-order valence-corrected chi connectivity index (χ4v) is 6.10. The monoisotopic (exact) mass is 473 g/mol. The number of anilines is 1. The van der Waals surface area contributed by atoms with Crippen LogP contribution >= 0.6 is 0 Å². The van der Waals surface area contributed by atoms with Crippen LogP contribution in [0.3, 0.4) is 0 Å². The van der Waals surface area contributed by atoms with Crippen molar-refractivity contribution in [1.82, 2.24) is 0 Å². The van der Waals surface area contributed by atoms with Crippen molar-refractivity contribution in [2.24, 2.45) is 0 Å². The van der Waals surface area contributed by atoms with Crippen molar-refractivity contribution in [1.29, 1.82) is 0 Å². The van der Waals surface area contributed by atoms with Gasteiger partial charge in [0.05, 0.1) is 34.0 Å². The first-order valence-electron chi connectivity index (χ1n) is 9.69. The molecular formula is C23H23NO6S2. The molecule has 1 unspecified atom stereocenters. The van der Waals surface area contributed by atoms with Gasteiger partial charge in [-0.2, -0.15) is 0 Å². The molecule has 3 aromatic carbocycles. The first kappa shape index (κ1) is 23.5. The molecule has 0 saturated carbocycles. The number of carbonyl (C=O) groups excluding carboxylic acids is 1. The second-order valence-corrected chi connectivity index (χ2v) is 11.2. The molecular weight excluding hydrogens is 450 g/mol. The van der Waals surface area contributed by atoms with E-state index in [0.29, 0.717) is 11.3 Å². The first-order valence-corrected chi connectivity index (χ1v) is 12.8. The van der Waals surface area contributed by atoms with E-state index in [9.17, 15) is 21.6 Å². The zero-order valence-corrected chi connectivity index (χ0v) is 19.0. The van der Waals surface area contributed by atoms with Gasteiger partial charge in [-0.15, -0.1) is 0 Å². The average Bonchev–Trinajstić information content (AvgIpc) is 2.79. The Hall–Kier alpha value is -3.17. The highest BCUT2D eigenvalue weighted by Crippen LogP contribution is 2.27. The largest absolute Gasteiger partial charge is 0.469 e. The molecule has 0 radical (unpaired) electrons. The Labute approximate surface area is 187 Å². The summed E-state index contributed by atoms with van der Waals surface area (Å²) in [5.41, 5.74) is 6.74. The molecule has 0 amide bonds. The normalized spacial score (nSPS) is 12.8. The predicted molar refractivity (Wildman–Crippen MR) is 121 cm³/mol. The van der Waals surface area contributed by atoms with Crippen LogP contribution in [0, 0.1) is 0 Å². The summed E-state index contributed by atoms with van der Waals surface area (Å²) in [6.07, 6.45) is -0.0939. The van der Waals surface area contributed by atoms with Crippen molar-refractivity contribution in [3.05, 3.63) is 84.4 Å². The summed E-state index contributed by atoms with van der Waals surface area (Å²) in [7, 11) is -6.38. The van der Waals surface area contributed by atoms with E-state index in [1.165, 1.54) is 55.6 Å². The second kappa shape index (κ2) is 9.54. The van der Waals surface area contributed by atoms with Crippen molar-refractivity contribution in [3.8, 4) is 0 Å². The third-order valence-electron chi connectivity index (χ3n) is 5.02. The molecule has 0 bridgehead atoms. The molecule has 7 nitrogen and oxygen atoms in total. The number of methoxy groups -OCH3 is 1. The van der Waals surface area contributed by atoms with Crippen LogP contribution in [0.2, 0.25) is 0 Å². The summed E-state index contributed by atoms with van der Waals surface area (Å²) >= 11 is 0. The molecule has 2 N–H and O–H groups in total. The minimum atomic E-state index is -3.81. The van der Waals surface area contributed by atoms with Crippen molar-refractivity contribution in [2.75, 3.05) is 18.6 Å². The number of rotatable bonds is 8. The number of hydrogen-bond acceptors (Lipinski definition) is 7. The fraction of sp³-hybridized carbons (Fsp3) is 0.174. The van der Waals surface area contributed by atoms with Crippen molar-refractivity contribution >= 4 is 31.3 Å². The van der Waals surface area contributed by atoms with E-state index in [1.54, 1.807) is 30.3 Å². The van der Waals surface area contributed by atoms with E-state index in [2.05, 4.69) is 0 Å². The third kappa shape index (κ3) is 5.35. The molecule has 1 atom stereocenters. The molecule has 32 heavy (non-hydrogen) atoms. The average molecular weight is 474 g/mol. The molecule has 168 valence electrons. The number of carbonyl (C=O) groups is 1. The highest BCUT2D eigenvalue weighted by Gasteiger charge is 2.26. The van der Waals surface area contributed by atoms with Gasteiger partial charge in [0.25, 0.3) is 0 Å². The highest BCUT2D eigenvalue weighted by molar-refractivity contribution is 7.92. The summed E-state index contributed by atoms with van der Waals surface area (Å²) in [6.45, 7) is 0. The van der Waals surface area contributed by atoms with Crippen LogP contribution < -0.4 is 5.73 Å². The maximum atomic E-state index is 13.0. The zero-order chi connectivity index (χ0) is 23.4. The van der Waals surface area contributed by atoms with Crippen LogP contribution in [0.4, 0.5) is 5.69 Å². The predicted octanol–water partition coefficient (Wildman–Crippen LogP) is 3.22. The minimum absolute atomic E-state index is 0.0282. The van der Waals surface area contributed by atoms with Crippen molar-refractivity contribution < 1.29 is 26.4 Å². The second-order valence-electron chi connectivity index (χ2n) is 7.21.